The molecule has 2 rings (SSSR count). The molecule has 6 heteroatoms. The highest BCUT2D eigenvalue weighted by molar-refractivity contribution is 5.79. The number of rotatable bonds is 6. The van der Waals surface area contributed by atoms with Gasteiger partial charge in [-0.3, -0.25) is 9.69 Å². The van der Waals surface area contributed by atoms with Crippen LogP contribution in [0, 0.1) is 6.92 Å². The minimum atomic E-state index is -0.244. The molecule has 0 bridgehead atoms. The molecule has 0 aliphatic carbocycles. The van der Waals surface area contributed by atoms with Gasteiger partial charge in [0.05, 0.1) is 12.6 Å². The molecular formula is C15H25N5O. The van der Waals surface area contributed by atoms with Gasteiger partial charge in [-0.25, -0.2) is 9.97 Å². The van der Waals surface area contributed by atoms with Crippen LogP contribution in [0.4, 0.5) is 5.82 Å². The lowest BCUT2D eigenvalue weighted by Gasteiger charge is -2.32. The number of likely N-dealkylation sites (tertiary alicyclic amines) is 1. The average Bonchev–Trinajstić information content (AvgIpc) is 2.45. The number of nitrogens with one attached hydrogen (secondary N) is 1. The predicted octanol–water partition coefficient (Wildman–Crippen LogP) is 1.45. The number of nitrogens with zero attached hydrogens (tertiary/aromatic N) is 3. The Labute approximate surface area is 126 Å². The van der Waals surface area contributed by atoms with Gasteiger partial charge in [0.15, 0.2) is 0 Å². The van der Waals surface area contributed by atoms with Crippen LogP contribution in [0.3, 0.4) is 0 Å². The van der Waals surface area contributed by atoms with E-state index in [4.69, 9.17) is 5.73 Å². The number of aromatic nitrogens is 2. The molecule has 1 atom stereocenters. The first-order valence-electron chi connectivity index (χ1n) is 7.72. The Kier molecular flexibility index (Phi) is 5.50. The van der Waals surface area contributed by atoms with Crippen LogP contribution >= 0.6 is 0 Å². The lowest BCUT2D eigenvalue weighted by Crippen LogP contribution is -2.47. The Hall–Kier alpha value is -1.69. The van der Waals surface area contributed by atoms with E-state index in [1.54, 1.807) is 0 Å². The van der Waals surface area contributed by atoms with Crippen molar-refractivity contribution in [2.75, 3.05) is 18.4 Å². The second-order valence-electron chi connectivity index (χ2n) is 5.62. The number of amides is 1. The van der Waals surface area contributed by atoms with Gasteiger partial charge in [0.1, 0.15) is 11.6 Å². The van der Waals surface area contributed by atoms with Gasteiger partial charge in [-0.2, -0.15) is 0 Å². The number of carbonyl (C=O) groups excluding carboxylic acids is 1. The van der Waals surface area contributed by atoms with Crippen LogP contribution in [0.15, 0.2) is 6.07 Å². The fourth-order valence-electron chi connectivity index (χ4n) is 2.73. The van der Waals surface area contributed by atoms with Crippen LogP contribution in [0.5, 0.6) is 0 Å². The summed E-state index contributed by atoms with van der Waals surface area (Å²) in [5.41, 5.74) is 6.44. The molecule has 1 aliphatic rings. The van der Waals surface area contributed by atoms with Crippen molar-refractivity contribution in [3.63, 3.8) is 0 Å². The van der Waals surface area contributed by atoms with Crippen molar-refractivity contribution in [1.29, 1.82) is 0 Å². The van der Waals surface area contributed by atoms with Crippen LogP contribution in [-0.4, -0.2) is 39.9 Å². The Morgan fingerprint density at radius 2 is 2.29 bits per heavy atom. The van der Waals surface area contributed by atoms with Gasteiger partial charge in [0.2, 0.25) is 5.91 Å². The highest BCUT2D eigenvalue weighted by atomic mass is 16.1. The topological polar surface area (TPSA) is 84.1 Å². The highest BCUT2D eigenvalue weighted by Gasteiger charge is 2.27. The lowest BCUT2D eigenvalue weighted by molar-refractivity contribution is -0.124. The van der Waals surface area contributed by atoms with Gasteiger partial charge in [-0.1, -0.05) is 13.3 Å². The van der Waals surface area contributed by atoms with Crippen molar-refractivity contribution in [2.24, 2.45) is 5.73 Å². The lowest BCUT2D eigenvalue weighted by atomic mass is 10.0. The van der Waals surface area contributed by atoms with Crippen molar-refractivity contribution < 1.29 is 4.79 Å². The summed E-state index contributed by atoms with van der Waals surface area (Å²) in [7, 11) is 0. The first-order chi connectivity index (χ1) is 10.1. The van der Waals surface area contributed by atoms with Crippen LogP contribution in [0.2, 0.25) is 0 Å². The molecule has 0 radical (unpaired) electrons. The number of hydrogen-bond acceptors (Lipinski definition) is 5. The molecule has 1 fully saturated rings. The van der Waals surface area contributed by atoms with E-state index < -0.39 is 0 Å². The molecule has 1 unspecified atom stereocenters. The summed E-state index contributed by atoms with van der Waals surface area (Å²) in [6.45, 7) is 6.43. The number of hydrogen-bond donors (Lipinski definition) is 2. The summed E-state index contributed by atoms with van der Waals surface area (Å²) in [4.78, 5) is 22.7. The van der Waals surface area contributed by atoms with Crippen LogP contribution < -0.4 is 11.1 Å². The van der Waals surface area contributed by atoms with E-state index in [-0.39, 0.29) is 11.9 Å². The number of primary amides is 1. The fourth-order valence-corrected chi connectivity index (χ4v) is 2.73. The monoisotopic (exact) mass is 291 g/mol. The van der Waals surface area contributed by atoms with E-state index >= 15 is 0 Å². The first-order valence-corrected chi connectivity index (χ1v) is 7.72. The van der Waals surface area contributed by atoms with Crippen LogP contribution in [0.1, 0.15) is 44.1 Å². The Morgan fingerprint density at radius 1 is 1.48 bits per heavy atom. The molecule has 2 heterocycles. The van der Waals surface area contributed by atoms with E-state index in [2.05, 4.69) is 27.1 Å². The van der Waals surface area contributed by atoms with Gasteiger partial charge in [-0.15, -0.1) is 0 Å². The molecule has 3 N–H and O–H groups in total. The molecule has 1 aromatic rings. The van der Waals surface area contributed by atoms with Crippen molar-refractivity contribution in [3.05, 3.63) is 17.6 Å². The minimum Gasteiger partial charge on any atom is -0.370 e. The first kappa shape index (κ1) is 15.7. The molecule has 1 amide bonds. The third-order valence-corrected chi connectivity index (χ3v) is 3.74. The quantitative estimate of drug-likeness (QED) is 0.828. The van der Waals surface area contributed by atoms with Gasteiger partial charge in [-0.05, 0) is 32.7 Å². The Morgan fingerprint density at radius 3 is 3.00 bits per heavy atom. The van der Waals surface area contributed by atoms with Crippen molar-refractivity contribution in [2.45, 2.75) is 52.1 Å². The second-order valence-corrected chi connectivity index (χ2v) is 5.62. The average molecular weight is 291 g/mol. The summed E-state index contributed by atoms with van der Waals surface area (Å²) in [6.07, 6.45) is 4.04. The number of anilines is 1. The molecular weight excluding hydrogens is 266 g/mol. The molecule has 0 saturated carbocycles. The zero-order valence-electron chi connectivity index (χ0n) is 12.9. The predicted molar refractivity (Wildman–Crippen MR) is 82.8 cm³/mol. The third-order valence-electron chi connectivity index (χ3n) is 3.74. The van der Waals surface area contributed by atoms with Crippen molar-refractivity contribution in [3.8, 4) is 0 Å². The molecule has 0 aromatic carbocycles. The van der Waals surface area contributed by atoms with Gasteiger partial charge in [0, 0.05) is 18.3 Å². The summed E-state index contributed by atoms with van der Waals surface area (Å²) >= 11 is 0. The van der Waals surface area contributed by atoms with Crippen LogP contribution in [0.25, 0.3) is 0 Å². The standard InChI is InChI=1S/C15H25N5O/c1-3-7-17-13-9-11(2)18-14(19-13)10-20-8-5-4-6-12(20)15(16)21/h9,12H,3-8,10H2,1-2H3,(H2,16,21)(H,17,18,19). The maximum absolute atomic E-state index is 11.6. The molecule has 1 aliphatic heterocycles. The second kappa shape index (κ2) is 7.36. The molecule has 0 spiro atoms. The number of piperidine rings is 1. The third kappa shape index (κ3) is 4.39. The Bertz CT molecular complexity index is 491. The summed E-state index contributed by atoms with van der Waals surface area (Å²) in [6, 6.07) is 1.76. The van der Waals surface area contributed by atoms with E-state index in [9.17, 15) is 4.79 Å². The summed E-state index contributed by atoms with van der Waals surface area (Å²) < 4.78 is 0. The highest BCUT2D eigenvalue weighted by Crippen LogP contribution is 2.19. The molecule has 1 saturated heterocycles. The summed E-state index contributed by atoms with van der Waals surface area (Å²) in [5.74, 6) is 1.36. The maximum atomic E-state index is 11.6. The molecule has 1 aromatic heterocycles. The molecule has 21 heavy (non-hydrogen) atoms. The number of aryl methyl sites for hydroxylation is 1. The largest absolute Gasteiger partial charge is 0.370 e. The van der Waals surface area contributed by atoms with Crippen molar-refractivity contribution in [1.82, 2.24) is 14.9 Å². The SMILES string of the molecule is CCCNc1cc(C)nc(CN2CCCCC2C(N)=O)n1. The van der Waals surface area contributed by atoms with E-state index in [1.807, 2.05) is 13.0 Å². The number of carbonyl (C=O) groups is 1. The maximum Gasteiger partial charge on any atom is 0.234 e. The van der Waals surface area contributed by atoms with Crippen LogP contribution in [-0.2, 0) is 11.3 Å². The normalized spacial score (nSPS) is 19.4. The zero-order chi connectivity index (χ0) is 15.2. The zero-order valence-corrected chi connectivity index (χ0v) is 12.9. The van der Waals surface area contributed by atoms with E-state index in [0.717, 1.165) is 56.1 Å². The minimum absolute atomic E-state index is 0.185. The number of nitrogens with two attached hydrogens (primary N) is 1. The smallest absolute Gasteiger partial charge is 0.234 e. The van der Waals surface area contributed by atoms with Crippen molar-refractivity contribution >= 4 is 11.7 Å². The van der Waals surface area contributed by atoms with Gasteiger partial charge in [0.25, 0.3) is 0 Å². The Balaban J connectivity index is 2.10. The summed E-state index contributed by atoms with van der Waals surface area (Å²) in [5, 5.41) is 3.29. The van der Waals surface area contributed by atoms with E-state index in [0.29, 0.717) is 6.54 Å². The van der Waals surface area contributed by atoms with Gasteiger partial charge >= 0.3 is 0 Å². The fraction of sp³-hybridized carbons (Fsp3) is 0.667. The molecule has 116 valence electrons. The molecule has 6 nitrogen and oxygen atoms in total. The van der Waals surface area contributed by atoms with E-state index in [1.165, 1.54) is 0 Å². The van der Waals surface area contributed by atoms with Gasteiger partial charge < -0.3 is 11.1 Å².